The van der Waals surface area contributed by atoms with E-state index in [0.717, 1.165) is 11.3 Å². The lowest BCUT2D eigenvalue weighted by molar-refractivity contribution is -0.154. The summed E-state index contributed by atoms with van der Waals surface area (Å²) in [6.07, 6.45) is 4.77. The Kier molecular flexibility index (Phi) is 4.89. The lowest BCUT2D eigenvalue weighted by atomic mass is 9.85. The Morgan fingerprint density at radius 1 is 1.11 bits per heavy atom. The first kappa shape index (κ1) is 19.0. The number of amides is 3. The molecule has 2 bridgehead atoms. The molecule has 1 aliphatic heterocycles. The molecular weight excluding hydrogens is 407 g/mol. The minimum absolute atomic E-state index is 0.0701. The van der Waals surface area contributed by atoms with Gasteiger partial charge in [0.05, 0.1) is 22.5 Å². The van der Waals surface area contributed by atoms with Gasteiger partial charge in [0.1, 0.15) is 6.54 Å². The summed E-state index contributed by atoms with van der Waals surface area (Å²) in [4.78, 5) is 50.0. The summed E-state index contributed by atoms with van der Waals surface area (Å²) in [5, 5.41) is 3.15. The maximum absolute atomic E-state index is 12.5. The maximum Gasteiger partial charge on any atom is 0.326 e. The molecule has 1 aromatic carbocycles. The Balaban J connectivity index is 1.30. The van der Waals surface area contributed by atoms with Crippen LogP contribution in [0.15, 0.2) is 30.4 Å². The molecule has 1 saturated heterocycles. The third-order valence-electron chi connectivity index (χ3n) is 5.42. The second kappa shape index (κ2) is 7.22. The Bertz CT molecular complexity index is 886. The fraction of sp³-hybridized carbons (Fsp3) is 0.368. The van der Waals surface area contributed by atoms with Crippen LogP contribution in [0, 0.1) is 23.7 Å². The predicted octanol–water partition coefficient (Wildman–Crippen LogP) is 2.28. The van der Waals surface area contributed by atoms with Crippen LogP contribution < -0.4 is 5.32 Å². The summed E-state index contributed by atoms with van der Waals surface area (Å²) in [6.45, 7) is -1.06. The number of hydrogen-bond donors (Lipinski definition) is 1. The van der Waals surface area contributed by atoms with Gasteiger partial charge in [0.2, 0.25) is 11.8 Å². The molecule has 0 unspecified atom stereocenters. The molecule has 3 amide bonds. The highest BCUT2D eigenvalue weighted by Crippen LogP contribution is 2.52. The van der Waals surface area contributed by atoms with E-state index in [2.05, 4.69) is 5.32 Å². The molecule has 28 heavy (non-hydrogen) atoms. The van der Waals surface area contributed by atoms with Crippen LogP contribution in [0.4, 0.5) is 5.69 Å². The Morgan fingerprint density at radius 3 is 2.39 bits per heavy atom. The molecule has 4 rings (SSSR count). The molecule has 9 heteroatoms. The van der Waals surface area contributed by atoms with Crippen LogP contribution in [0.25, 0.3) is 0 Å². The first-order valence-corrected chi connectivity index (χ1v) is 9.55. The third kappa shape index (κ3) is 3.29. The van der Waals surface area contributed by atoms with Crippen molar-refractivity contribution in [3.63, 3.8) is 0 Å². The first-order valence-electron chi connectivity index (χ1n) is 8.79. The zero-order valence-electron chi connectivity index (χ0n) is 14.6. The van der Waals surface area contributed by atoms with Gasteiger partial charge in [0, 0.05) is 5.02 Å². The highest BCUT2D eigenvalue weighted by molar-refractivity contribution is 6.35. The number of halogens is 2. The molecule has 2 fully saturated rings. The van der Waals surface area contributed by atoms with Crippen molar-refractivity contribution in [2.24, 2.45) is 23.7 Å². The Morgan fingerprint density at radius 2 is 1.75 bits per heavy atom. The van der Waals surface area contributed by atoms with E-state index in [1.54, 1.807) is 6.07 Å². The largest absolute Gasteiger partial charge is 0.454 e. The van der Waals surface area contributed by atoms with E-state index in [1.165, 1.54) is 12.1 Å². The van der Waals surface area contributed by atoms with Gasteiger partial charge in [-0.3, -0.25) is 24.1 Å². The summed E-state index contributed by atoms with van der Waals surface area (Å²) in [7, 11) is 0. The number of imide groups is 1. The first-order chi connectivity index (χ1) is 13.3. The van der Waals surface area contributed by atoms with E-state index in [9.17, 15) is 19.2 Å². The van der Waals surface area contributed by atoms with Gasteiger partial charge >= 0.3 is 5.97 Å². The second-order valence-electron chi connectivity index (χ2n) is 7.10. The lowest BCUT2D eigenvalue weighted by Gasteiger charge is -2.16. The molecule has 2 aliphatic carbocycles. The van der Waals surface area contributed by atoms with Gasteiger partial charge in [-0.05, 0) is 36.5 Å². The van der Waals surface area contributed by atoms with Crippen molar-refractivity contribution in [3.8, 4) is 0 Å². The lowest BCUT2D eigenvalue weighted by Crippen LogP contribution is -2.38. The number of likely N-dealkylation sites (tertiary alicyclic amines) is 1. The van der Waals surface area contributed by atoms with Crippen LogP contribution in [0.5, 0.6) is 0 Å². The monoisotopic (exact) mass is 422 g/mol. The van der Waals surface area contributed by atoms with Gasteiger partial charge in [-0.1, -0.05) is 35.4 Å². The summed E-state index contributed by atoms with van der Waals surface area (Å²) >= 11 is 11.8. The molecular formula is C19H16Cl2N2O5. The average molecular weight is 423 g/mol. The van der Waals surface area contributed by atoms with Gasteiger partial charge in [-0.15, -0.1) is 0 Å². The van der Waals surface area contributed by atoms with Crippen LogP contribution >= 0.6 is 23.2 Å². The summed E-state index contributed by atoms with van der Waals surface area (Å²) < 4.78 is 4.91. The number of esters is 1. The molecule has 146 valence electrons. The minimum atomic E-state index is -0.825. The minimum Gasteiger partial charge on any atom is -0.454 e. The maximum atomic E-state index is 12.5. The van der Waals surface area contributed by atoms with Gasteiger partial charge < -0.3 is 10.1 Å². The van der Waals surface area contributed by atoms with E-state index in [1.807, 2.05) is 12.2 Å². The van der Waals surface area contributed by atoms with Crippen LogP contribution in [0.3, 0.4) is 0 Å². The number of hydrogen-bond acceptors (Lipinski definition) is 5. The molecule has 1 N–H and O–H groups in total. The van der Waals surface area contributed by atoms with E-state index >= 15 is 0 Å². The molecule has 1 saturated carbocycles. The van der Waals surface area contributed by atoms with Crippen molar-refractivity contribution in [1.82, 2.24) is 4.90 Å². The number of fused-ring (bicyclic) bond motifs is 5. The van der Waals surface area contributed by atoms with Crippen LogP contribution in [0.2, 0.25) is 10.0 Å². The number of nitrogens with one attached hydrogen (secondary N) is 1. The van der Waals surface area contributed by atoms with Crippen LogP contribution in [0.1, 0.15) is 6.42 Å². The average Bonchev–Trinajstić information content (AvgIpc) is 3.33. The molecule has 0 radical (unpaired) electrons. The number of rotatable bonds is 5. The topological polar surface area (TPSA) is 92.8 Å². The van der Waals surface area contributed by atoms with Crippen molar-refractivity contribution >= 4 is 52.6 Å². The number of benzene rings is 1. The third-order valence-corrected chi connectivity index (χ3v) is 5.98. The molecule has 0 spiro atoms. The van der Waals surface area contributed by atoms with E-state index < -0.39 is 25.0 Å². The summed E-state index contributed by atoms with van der Waals surface area (Å²) in [5.41, 5.74) is 0.288. The molecule has 1 heterocycles. The molecule has 4 atom stereocenters. The Hall–Kier alpha value is -2.38. The number of allylic oxidation sites excluding steroid dienone is 2. The van der Waals surface area contributed by atoms with Crippen molar-refractivity contribution in [1.29, 1.82) is 0 Å². The van der Waals surface area contributed by atoms with Crippen LogP contribution in [-0.2, 0) is 23.9 Å². The zero-order chi connectivity index (χ0) is 20.0. The predicted molar refractivity (Wildman–Crippen MR) is 100 cm³/mol. The fourth-order valence-corrected chi connectivity index (χ4v) is 4.56. The van der Waals surface area contributed by atoms with Crippen LogP contribution in [-0.4, -0.2) is 41.7 Å². The number of ether oxygens (including phenoxy) is 1. The van der Waals surface area contributed by atoms with Gasteiger partial charge in [-0.2, -0.15) is 0 Å². The standard InChI is InChI=1S/C19H16Cl2N2O5/c20-11-3-4-12(21)13(6-11)22-14(24)8-28-15(25)7-23-18(26)16-9-1-2-10(5-9)17(16)19(23)27/h1-4,6,9-10,16-17H,5,7-8H2,(H,22,24)/t9-,10-,16-,17+/m0/s1. The second-order valence-corrected chi connectivity index (χ2v) is 7.94. The van der Waals surface area contributed by atoms with E-state index in [4.69, 9.17) is 27.9 Å². The SMILES string of the molecule is O=C(COC(=O)CN1C(=O)[C@@H]2[C@H](C1=O)[C@H]1C=C[C@H]2C1)Nc1cc(Cl)ccc1Cl. The van der Waals surface area contributed by atoms with Gasteiger partial charge in [0.25, 0.3) is 5.91 Å². The normalized spacial score (nSPS) is 27.3. The molecule has 7 nitrogen and oxygen atoms in total. The summed E-state index contributed by atoms with van der Waals surface area (Å²) in [5.74, 6) is -2.71. The van der Waals surface area contributed by atoms with Crippen molar-refractivity contribution < 1.29 is 23.9 Å². The molecule has 3 aliphatic rings. The number of carbonyl (C=O) groups is 4. The molecule has 1 aromatic rings. The van der Waals surface area contributed by atoms with Crippen molar-refractivity contribution in [2.75, 3.05) is 18.5 Å². The smallest absolute Gasteiger partial charge is 0.326 e. The highest BCUT2D eigenvalue weighted by atomic mass is 35.5. The summed E-state index contributed by atoms with van der Waals surface area (Å²) in [6, 6.07) is 4.56. The quantitative estimate of drug-likeness (QED) is 0.446. The highest BCUT2D eigenvalue weighted by Gasteiger charge is 2.59. The van der Waals surface area contributed by atoms with E-state index in [-0.39, 0.29) is 46.2 Å². The van der Waals surface area contributed by atoms with Gasteiger partial charge in [-0.25, -0.2) is 0 Å². The van der Waals surface area contributed by atoms with Crippen molar-refractivity contribution in [3.05, 3.63) is 40.4 Å². The fourth-order valence-electron chi connectivity index (χ4n) is 4.22. The number of carbonyl (C=O) groups excluding carboxylic acids is 4. The van der Waals surface area contributed by atoms with E-state index in [0.29, 0.717) is 5.02 Å². The van der Waals surface area contributed by atoms with Gasteiger partial charge in [0.15, 0.2) is 6.61 Å². The number of nitrogens with zero attached hydrogens (tertiary/aromatic N) is 1. The molecule has 0 aromatic heterocycles. The van der Waals surface area contributed by atoms with Crippen molar-refractivity contribution in [2.45, 2.75) is 6.42 Å². The zero-order valence-corrected chi connectivity index (χ0v) is 16.1. The Labute approximate surface area is 170 Å². The number of anilines is 1.